The van der Waals surface area contributed by atoms with Crippen LogP contribution in [0.1, 0.15) is 24.8 Å². The Labute approximate surface area is 211 Å². The van der Waals surface area contributed by atoms with Gasteiger partial charge in [0.1, 0.15) is 22.6 Å². The minimum absolute atomic E-state index is 0.0621. The van der Waals surface area contributed by atoms with Gasteiger partial charge >= 0.3 is 5.97 Å². The lowest BCUT2D eigenvalue weighted by Gasteiger charge is -2.44. The van der Waals surface area contributed by atoms with Crippen molar-refractivity contribution in [1.82, 2.24) is 0 Å². The summed E-state index contributed by atoms with van der Waals surface area (Å²) in [5.41, 5.74) is 5.99. The Morgan fingerprint density at radius 3 is 2.56 bits per heavy atom. The summed E-state index contributed by atoms with van der Waals surface area (Å²) in [7, 11) is 1.17. The number of fused-ring (bicyclic) bond motifs is 3. The number of hydrogen-bond acceptors (Lipinski definition) is 6. The van der Waals surface area contributed by atoms with Gasteiger partial charge in [0.25, 0.3) is 0 Å². The van der Waals surface area contributed by atoms with Gasteiger partial charge in [0.2, 0.25) is 5.91 Å². The molecule has 2 heterocycles. The number of methoxy groups -OCH3 is 1. The van der Waals surface area contributed by atoms with Gasteiger partial charge in [-0.25, -0.2) is 9.18 Å². The predicted octanol–water partition coefficient (Wildman–Crippen LogP) is 4.41. The van der Waals surface area contributed by atoms with Gasteiger partial charge in [-0.3, -0.25) is 14.5 Å². The van der Waals surface area contributed by atoms with E-state index in [4.69, 9.17) is 10.5 Å². The molecule has 1 atom stereocenters. The van der Waals surface area contributed by atoms with Crippen molar-refractivity contribution in [2.75, 3.05) is 17.3 Å². The molecule has 0 saturated heterocycles. The quantitative estimate of drug-likeness (QED) is 0.502. The number of nitrogens with zero attached hydrogens (tertiary/aromatic N) is 1. The number of ether oxygens (including phenoxy) is 1. The van der Waals surface area contributed by atoms with Crippen LogP contribution in [0, 0.1) is 5.82 Å². The first-order chi connectivity index (χ1) is 16.2. The van der Waals surface area contributed by atoms with Gasteiger partial charge in [0.15, 0.2) is 5.78 Å². The third kappa shape index (κ3) is 3.01. The highest BCUT2D eigenvalue weighted by Gasteiger charge is 2.62. The molecule has 0 fully saturated rings. The molecule has 10 heteroatoms. The number of nitrogens with two attached hydrogens (primary N) is 1. The summed E-state index contributed by atoms with van der Waals surface area (Å²) in [6, 6.07) is 9.52. The molecule has 1 amide bonds. The predicted molar refractivity (Wildman–Crippen MR) is 130 cm³/mol. The number of nitrogens with one attached hydrogen (secondary N) is 1. The zero-order valence-electron chi connectivity index (χ0n) is 17.9. The van der Waals surface area contributed by atoms with Gasteiger partial charge in [-0.1, -0.05) is 31.9 Å². The molecule has 1 unspecified atom stereocenters. The third-order valence-corrected chi connectivity index (χ3v) is 7.40. The van der Waals surface area contributed by atoms with E-state index < -0.39 is 23.1 Å². The van der Waals surface area contributed by atoms with Gasteiger partial charge in [-0.15, -0.1) is 0 Å². The topological polar surface area (TPSA) is 102 Å². The van der Waals surface area contributed by atoms with Crippen LogP contribution >= 0.6 is 31.9 Å². The molecule has 0 radical (unpaired) electrons. The molecule has 0 aromatic heterocycles. The number of carbonyl (C=O) groups excluding carboxylic acids is 3. The van der Waals surface area contributed by atoms with E-state index in [1.807, 2.05) is 0 Å². The summed E-state index contributed by atoms with van der Waals surface area (Å²) in [4.78, 5) is 41.9. The number of carbonyl (C=O) groups is 3. The Hall–Kier alpha value is -2.98. The van der Waals surface area contributed by atoms with Crippen molar-refractivity contribution < 1.29 is 23.5 Å². The Bertz CT molecular complexity index is 1370. The first kappa shape index (κ1) is 22.8. The normalized spacial score (nSPS) is 21.6. The highest BCUT2D eigenvalue weighted by molar-refractivity contribution is 9.10. The first-order valence-electron chi connectivity index (χ1n) is 10.4. The van der Waals surface area contributed by atoms with Gasteiger partial charge in [0.05, 0.1) is 12.8 Å². The average Bonchev–Trinajstić information content (AvgIpc) is 3.06. The van der Waals surface area contributed by atoms with E-state index in [1.54, 1.807) is 24.3 Å². The Balaban J connectivity index is 1.93. The Kier molecular flexibility index (Phi) is 5.40. The van der Waals surface area contributed by atoms with Crippen LogP contribution in [0.2, 0.25) is 0 Å². The van der Waals surface area contributed by atoms with Gasteiger partial charge in [0, 0.05) is 37.9 Å². The van der Waals surface area contributed by atoms with E-state index in [0.29, 0.717) is 38.7 Å². The van der Waals surface area contributed by atoms with Gasteiger partial charge in [-0.05, 0) is 49.2 Å². The molecule has 2 aromatic carbocycles. The van der Waals surface area contributed by atoms with E-state index in [1.165, 1.54) is 24.1 Å². The molecule has 5 rings (SSSR count). The number of allylic oxidation sites excluding steroid dienone is 1. The molecule has 3 N–H and O–H groups in total. The number of benzene rings is 2. The molecule has 1 aliphatic carbocycles. The van der Waals surface area contributed by atoms with Crippen LogP contribution < -0.4 is 16.0 Å². The SMILES string of the molecule is COC(=O)C1=C(N)N(c2ccc(Br)cc2F)C2=C(C(=O)CCC2)C12C(=O)Nc1ccc(Br)cc12. The number of hydrogen-bond donors (Lipinski definition) is 2. The Morgan fingerprint density at radius 2 is 1.85 bits per heavy atom. The first-order valence-corrected chi connectivity index (χ1v) is 12.0. The van der Waals surface area contributed by atoms with E-state index >= 15 is 4.39 Å². The number of amides is 1. The Morgan fingerprint density at radius 1 is 1.15 bits per heavy atom. The van der Waals surface area contributed by atoms with Crippen molar-refractivity contribution in [2.45, 2.75) is 24.7 Å². The van der Waals surface area contributed by atoms with E-state index in [-0.39, 0.29) is 34.9 Å². The van der Waals surface area contributed by atoms with Crippen LogP contribution in [0.15, 0.2) is 68.0 Å². The zero-order chi connectivity index (χ0) is 24.4. The van der Waals surface area contributed by atoms with E-state index in [9.17, 15) is 14.4 Å². The van der Waals surface area contributed by atoms with Crippen molar-refractivity contribution >= 4 is 60.9 Å². The molecule has 2 aromatic rings. The molecule has 34 heavy (non-hydrogen) atoms. The van der Waals surface area contributed by atoms with Crippen molar-refractivity contribution in [3.8, 4) is 0 Å². The summed E-state index contributed by atoms with van der Waals surface area (Å²) >= 11 is 6.67. The number of rotatable bonds is 2. The number of ketones is 1. The van der Waals surface area contributed by atoms with Crippen molar-refractivity contribution in [3.63, 3.8) is 0 Å². The summed E-state index contributed by atoms with van der Waals surface area (Å²) in [5, 5.41) is 2.80. The lowest BCUT2D eigenvalue weighted by molar-refractivity contribution is -0.138. The second-order valence-corrected chi connectivity index (χ2v) is 10.0. The van der Waals surface area contributed by atoms with Crippen LogP contribution in [-0.4, -0.2) is 24.8 Å². The second-order valence-electron chi connectivity index (χ2n) is 8.18. The standard InChI is InChI=1S/C24H18Br2FN3O4/c1-34-22(32)20-21(28)30(16-8-6-12(26)10-14(16)27)17-3-2-4-18(31)19(17)24(20)13-9-11(25)5-7-15(13)29-23(24)33/h5-10H,2-4,28H2,1H3,(H,29,33). The third-order valence-electron chi connectivity index (χ3n) is 6.42. The van der Waals surface area contributed by atoms with Crippen molar-refractivity contribution in [3.05, 3.63) is 79.4 Å². The second kappa shape index (κ2) is 8.06. The van der Waals surface area contributed by atoms with Crippen LogP contribution in [-0.2, 0) is 24.5 Å². The smallest absolute Gasteiger partial charge is 0.339 e. The average molecular weight is 591 g/mol. The molecule has 1 spiro atoms. The summed E-state index contributed by atoms with van der Waals surface area (Å²) in [5.74, 6) is -2.54. The van der Waals surface area contributed by atoms with E-state index in [2.05, 4.69) is 37.2 Å². The van der Waals surface area contributed by atoms with E-state index in [0.717, 1.165) is 0 Å². The molecule has 2 aliphatic heterocycles. The number of esters is 1. The molecule has 3 aliphatic rings. The lowest BCUT2D eigenvalue weighted by atomic mass is 9.63. The molecule has 0 saturated carbocycles. The number of anilines is 2. The van der Waals surface area contributed by atoms with Gasteiger partial charge in [-0.2, -0.15) is 0 Å². The molecule has 174 valence electrons. The maximum absolute atomic E-state index is 15.2. The monoisotopic (exact) mass is 589 g/mol. The largest absolute Gasteiger partial charge is 0.466 e. The van der Waals surface area contributed by atoms with Crippen LogP contribution in [0.4, 0.5) is 15.8 Å². The van der Waals surface area contributed by atoms with Crippen LogP contribution in [0.5, 0.6) is 0 Å². The summed E-state index contributed by atoms with van der Waals surface area (Å²) in [6.07, 6.45) is 1.04. The molecular formula is C24H18Br2FN3O4. The fourth-order valence-corrected chi connectivity index (χ4v) is 5.81. The number of halogens is 3. The molecule has 7 nitrogen and oxygen atoms in total. The zero-order valence-corrected chi connectivity index (χ0v) is 21.0. The number of Topliss-reactive ketones (excluding diaryl/α,β-unsaturated/α-hetero) is 1. The maximum atomic E-state index is 15.2. The highest BCUT2D eigenvalue weighted by atomic mass is 79.9. The van der Waals surface area contributed by atoms with Gasteiger partial charge < -0.3 is 15.8 Å². The minimum atomic E-state index is -1.81. The van der Waals surface area contributed by atoms with Crippen molar-refractivity contribution in [2.24, 2.45) is 5.73 Å². The fourth-order valence-electron chi connectivity index (χ4n) is 5.12. The fraction of sp³-hybridized carbons (Fsp3) is 0.208. The van der Waals surface area contributed by atoms with Crippen LogP contribution in [0.3, 0.4) is 0 Å². The van der Waals surface area contributed by atoms with Crippen molar-refractivity contribution in [1.29, 1.82) is 0 Å². The molecule has 0 bridgehead atoms. The molecular weight excluding hydrogens is 573 g/mol. The maximum Gasteiger partial charge on any atom is 0.339 e. The minimum Gasteiger partial charge on any atom is -0.466 e. The highest BCUT2D eigenvalue weighted by Crippen LogP contribution is 2.56. The lowest BCUT2D eigenvalue weighted by Crippen LogP contribution is -2.53. The summed E-state index contributed by atoms with van der Waals surface area (Å²) in [6.45, 7) is 0. The van der Waals surface area contributed by atoms with Crippen LogP contribution in [0.25, 0.3) is 0 Å². The summed E-state index contributed by atoms with van der Waals surface area (Å²) < 4.78 is 21.4.